The molecule has 0 bridgehead atoms. The van der Waals surface area contributed by atoms with Gasteiger partial charge < -0.3 is 10.2 Å². The van der Waals surface area contributed by atoms with Gasteiger partial charge in [-0.1, -0.05) is 19.8 Å². The lowest BCUT2D eigenvalue weighted by molar-refractivity contribution is -0.0870. The van der Waals surface area contributed by atoms with Crippen LogP contribution in [0.25, 0.3) is 0 Å². The molecule has 1 aliphatic carbocycles. The predicted octanol–water partition coefficient (Wildman–Crippen LogP) is 1.81. The fourth-order valence-corrected chi connectivity index (χ4v) is 3.02. The normalized spacial score (nSPS) is 35.9. The highest BCUT2D eigenvalue weighted by Gasteiger charge is 2.50. The average molecular weight is 234 g/mol. The van der Waals surface area contributed by atoms with Gasteiger partial charge >= 0.3 is 0 Å². The van der Waals surface area contributed by atoms with Gasteiger partial charge in [-0.25, -0.2) is 0 Å². The van der Waals surface area contributed by atoms with E-state index >= 15 is 0 Å². The molecule has 1 fully saturated rings. The van der Waals surface area contributed by atoms with Crippen molar-refractivity contribution in [3.63, 3.8) is 0 Å². The summed E-state index contributed by atoms with van der Waals surface area (Å²) in [6.07, 6.45) is 13.1. The second-order valence-corrected chi connectivity index (χ2v) is 5.87. The van der Waals surface area contributed by atoms with Crippen LogP contribution in [0, 0.1) is 41.4 Å². The quantitative estimate of drug-likeness (QED) is 0.731. The molecule has 0 aromatic rings. The van der Waals surface area contributed by atoms with Crippen LogP contribution < -0.4 is 0 Å². The molecule has 1 rings (SSSR count). The van der Waals surface area contributed by atoms with Crippen LogP contribution in [0.5, 0.6) is 0 Å². The van der Waals surface area contributed by atoms with Gasteiger partial charge in [-0.05, 0) is 30.6 Å². The predicted molar refractivity (Wildman–Crippen MR) is 68.9 cm³/mol. The van der Waals surface area contributed by atoms with Crippen LogP contribution in [0.1, 0.15) is 39.5 Å². The molecule has 0 heterocycles. The Hall–Kier alpha value is -0.960. The van der Waals surface area contributed by atoms with Gasteiger partial charge in [0.15, 0.2) is 0 Å². The van der Waals surface area contributed by atoms with Crippen molar-refractivity contribution in [1.29, 1.82) is 0 Å². The maximum absolute atomic E-state index is 10.3. The highest BCUT2D eigenvalue weighted by Crippen LogP contribution is 2.50. The minimum absolute atomic E-state index is 0.0498. The third-order valence-corrected chi connectivity index (χ3v) is 4.04. The van der Waals surface area contributed by atoms with Crippen LogP contribution in [0.3, 0.4) is 0 Å². The summed E-state index contributed by atoms with van der Waals surface area (Å²) in [7, 11) is 0. The molecule has 2 heteroatoms. The van der Waals surface area contributed by atoms with Crippen molar-refractivity contribution >= 4 is 0 Å². The summed E-state index contributed by atoms with van der Waals surface area (Å²) < 4.78 is 0. The van der Waals surface area contributed by atoms with Gasteiger partial charge in [0.25, 0.3) is 0 Å². The van der Waals surface area contributed by atoms with Crippen molar-refractivity contribution in [2.75, 3.05) is 6.61 Å². The Labute approximate surface area is 104 Å². The molecule has 94 valence electrons. The monoisotopic (exact) mass is 234 g/mol. The number of hydrogen-bond acceptors (Lipinski definition) is 2. The van der Waals surface area contributed by atoms with Crippen molar-refractivity contribution in [2.45, 2.75) is 45.6 Å². The standard InChI is InChI=1S/C15H22O2/c1-5-7-8-12-9-14(3,4)10-13(17)15(12,6-2)11-16/h1-2,12-13,16-17H,7-11H2,3-4H3/t12-,13-,15-/m1/s1. The maximum atomic E-state index is 10.3. The van der Waals surface area contributed by atoms with Crippen molar-refractivity contribution in [2.24, 2.45) is 16.7 Å². The third kappa shape index (κ3) is 2.65. The Morgan fingerprint density at radius 3 is 2.41 bits per heavy atom. The molecule has 0 aromatic carbocycles. The lowest BCUT2D eigenvalue weighted by Crippen LogP contribution is -2.51. The van der Waals surface area contributed by atoms with Gasteiger partial charge in [-0.15, -0.1) is 18.8 Å². The summed E-state index contributed by atoms with van der Waals surface area (Å²) in [5, 5.41) is 19.9. The first-order chi connectivity index (χ1) is 7.91. The molecule has 1 saturated carbocycles. The van der Waals surface area contributed by atoms with E-state index in [1.54, 1.807) is 0 Å². The second-order valence-electron chi connectivity index (χ2n) is 5.87. The lowest BCUT2D eigenvalue weighted by atomic mass is 9.57. The zero-order valence-electron chi connectivity index (χ0n) is 10.7. The molecule has 0 amide bonds. The van der Waals surface area contributed by atoms with Gasteiger partial charge in [0, 0.05) is 6.42 Å². The van der Waals surface area contributed by atoms with Gasteiger partial charge in [-0.2, -0.15) is 0 Å². The highest BCUT2D eigenvalue weighted by atomic mass is 16.3. The third-order valence-electron chi connectivity index (χ3n) is 4.04. The van der Waals surface area contributed by atoms with E-state index in [2.05, 4.69) is 25.7 Å². The van der Waals surface area contributed by atoms with Crippen LogP contribution >= 0.6 is 0 Å². The summed E-state index contributed by atoms with van der Waals surface area (Å²) in [4.78, 5) is 0. The van der Waals surface area contributed by atoms with Gasteiger partial charge in [-0.3, -0.25) is 0 Å². The number of hydrogen-bond donors (Lipinski definition) is 2. The number of aliphatic hydroxyl groups is 2. The van der Waals surface area contributed by atoms with Crippen molar-refractivity contribution in [3.8, 4) is 24.7 Å². The summed E-state index contributed by atoms with van der Waals surface area (Å²) in [6, 6.07) is 0. The molecule has 2 N–H and O–H groups in total. The Bertz CT molecular complexity index is 345. The molecule has 0 spiro atoms. The Morgan fingerprint density at radius 1 is 1.29 bits per heavy atom. The van der Waals surface area contributed by atoms with Gasteiger partial charge in [0.2, 0.25) is 0 Å². The zero-order chi connectivity index (χ0) is 13.1. The molecular formula is C15H22O2. The van der Waals surface area contributed by atoms with Crippen molar-refractivity contribution in [1.82, 2.24) is 0 Å². The molecule has 0 aromatic heterocycles. The highest BCUT2D eigenvalue weighted by molar-refractivity contribution is 5.16. The van der Waals surface area contributed by atoms with Gasteiger partial charge in [0.1, 0.15) is 0 Å². The minimum Gasteiger partial charge on any atom is -0.395 e. The molecule has 0 saturated heterocycles. The van der Waals surface area contributed by atoms with E-state index in [0.717, 1.165) is 12.8 Å². The molecule has 0 radical (unpaired) electrons. The number of rotatable bonds is 3. The average Bonchev–Trinajstić information content (AvgIpc) is 2.25. The van der Waals surface area contributed by atoms with E-state index in [1.165, 1.54) is 0 Å². The Kier molecular flexibility index (Phi) is 4.26. The van der Waals surface area contributed by atoms with Crippen molar-refractivity contribution < 1.29 is 10.2 Å². The number of terminal acetylenes is 2. The van der Waals surface area contributed by atoms with E-state index in [-0.39, 0.29) is 17.9 Å². The van der Waals surface area contributed by atoms with E-state index in [4.69, 9.17) is 12.8 Å². The maximum Gasteiger partial charge on any atom is 0.0828 e. The first-order valence-corrected chi connectivity index (χ1v) is 6.12. The van der Waals surface area contributed by atoms with E-state index in [1.807, 2.05) is 0 Å². The summed E-state index contributed by atoms with van der Waals surface area (Å²) in [6.45, 7) is 4.07. The summed E-state index contributed by atoms with van der Waals surface area (Å²) in [5.74, 6) is 5.35. The topological polar surface area (TPSA) is 40.5 Å². The molecule has 17 heavy (non-hydrogen) atoms. The molecule has 1 aliphatic rings. The minimum atomic E-state index is -0.813. The SMILES string of the molecule is C#CCC[C@@H]1CC(C)(C)C[C@@H](O)[C@]1(C#C)CO. The Morgan fingerprint density at radius 2 is 1.94 bits per heavy atom. The van der Waals surface area contributed by atoms with Crippen LogP contribution in [0.15, 0.2) is 0 Å². The largest absolute Gasteiger partial charge is 0.395 e. The fourth-order valence-electron chi connectivity index (χ4n) is 3.02. The first kappa shape index (κ1) is 14.1. The second kappa shape index (κ2) is 5.13. The van der Waals surface area contributed by atoms with Crippen LogP contribution in [-0.2, 0) is 0 Å². The van der Waals surface area contributed by atoms with E-state index in [0.29, 0.717) is 12.8 Å². The molecular weight excluding hydrogens is 212 g/mol. The first-order valence-electron chi connectivity index (χ1n) is 6.12. The van der Waals surface area contributed by atoms with Crippen molar-refractivity contribution in [3.05, 3.63) is 0 Å². The smallest absolute Gasteiger partial charge is 0.0828 e. The zero-order valence-corrected chi connectivity index (χ0v) is 10.7. The van der Waals surface area contributed by atoms with E-state index in [9.17, 15) is 10.2 Å². The lowest BCUT2D eigenvalue weighted by Gasteiger charge is -2.49. The molecule has 2 nitrogen and oxygen atoms in total. The van der Waals surface area contributed by atoms with Gasteiger partial charge in [0.05, 0.1) is 18.1 Å². The van der Waals surface area contributed by atoms with Crippen LogP contribution in [-0.4, -0.2) is 22.9 Å². The Balaban J connectivity index is 3.00. The van der Waals surface area contributed by atoms with E-state index < -0.39 is 11.5 Å². The summed E-state index contributed by atoms with van der Waals surface area (Å²) in [5.41, 5.74) is -0.763. The summed E-state index contributed by atoms with van der Waals surface area (Å²) >= 11 is 0. The van der Waals surface area contributed by atoms with Crippen LogP contribution in [0.4, 0.5) is 0 Å². The molecule has 3 atom stereocenters. The van der Waals surface area contributed by atoms with Crippen LogP contribution in [0.2, 0.25) is 0 Å². The number of aliphatic hydroxyl groups excluding tert-OH is 2. The fraction of sp³-hybridized carbons (Fsp3) is 0.733. The molecule has 0 aliphatic heterocycles. The molecule has 0 unspecified atom stereocenters.